The van der Waals surface area contributed by atoms with Crippen LogP contribution in [-0.4, -0.2) is 37.6 Å². The smallest absolute Gasteiger partial charge is 0.224 e. The third-order valence-electron chi connectivity index (χ3n) is 4.41. The number of carbonyl (C=O) groups is 1. The van der Waals surface area contributed by atoms with Crippen LogP contribution in [-0.2, 0) is 9.53 Å². The molecular formula is C14H25NO2. The molecule has 0 bridgehead atoms. The molecule has 0 aromatic carbocycles. The van der Waals surface area contributed by atoms with Crippen LogP contribution in [0.4, 0.5) is 0 Å². The van der Waals surface area contributed by atoms with Crippen LogP contribution in [0.2, 0.25) is 0 Å². The Kier molecular flexibility index (Phi) is 4.84. The van der Waals surface area contributed by atoms with E-state index in [1.165, 1.54) is 38.5 Å². The van der Waals surface area contributed by atoms with Gasteiger partial charge in [-0.05, 0) is 18.3 Å². The standard InChI is InChI=1S/C14H25NO2/c1-17-10-8-14(16)15-9-7-13(11-15)12-5-3-2-4-6-12/h12-13H,2-11H2,1H3/t13-/m0/s1. The minimum Gasteiger partial charge on any atom is -0.384 e. The second-order valence-electron chi connectivity index (χ2n) is 5.53. The van der Waals surface area contributed by atoms with E-state index in [-0.39, 0.29) is 5.91 Å². The van der Waals surface area contributed by atoms with Gasteiger partial charge in [0.1, 0.15) is 0 Å². The Morgan fingerprint density at radius 1 is 1.18 bits per heavy atom. The topological polar surface area (TPSA) is 29.5 Å². The average Bonchev–Trinajstić information content (AvgIpc) is 2.86. The lowest BCUT2D eigenvalue weighted by atomic mass is 9.80. The third kappa shape index (κ3) is 3.44. The van der Waals surface area contributed by atoms with Crippen molar-refractivity contribution in [3.8, 4) is 0 Å². The van der Waals surface area contributed by atoms with Gasteiger partial charge in [0, 0.05) is 20.2 Å². The van der Waals surface area contributed by atoms with E-state index in [0.29, 0.717) is 13.0 Å². The Balaban J connectivity index is 1.76. The summed E-state index contributed by atoms with van der Waals surface area (Å²) < 4.78 is 4.97. The minimum absolute atomic E-state index is 0.283. The van der Waals surface area contributed by atoms with Crippen molar-refractivity contribution in [1.29, 1.82) is 0 Å². The van der Waals surface area contributed by atoms with Crippen molar-refractivity contribution >= 4 is 5.91 Å². The molecule has 1 atom stereocenters. The second-order valence-corrected chi connectivity index (χ2v) is 5.53. The van der Waals surface area contributed by atoms with E-state index >= 15 is 0 Å². The Morgan fingerprint density at radius 2 is 1.94 bits per heavy atom. The van der Waals surface area contributed by atoms with Gasteiger partial charge in [-0.2, -0.15) is 0 Å². The summed E-state index contributed by atoms with van der Waals surface area (Å²) in [6.45, 7) is 2.54. The minimum atomic E-state index is 0.283. The van der Waals surface area contributed by atoms with Crippen LogP contribution in [0.25, 0.3) is 0 Å². The Hall–Kier alpha value is -0.570. The molecule has 17 heavy (non-hydrogen) atoms. The van der Waals surface area contributed by atoms with Gasteiger partial charge < -0.3 is 9.64 Å². The van der Waals surface area contributed by atoms with Gasteiger partial charge in [-0.1, -0.05) is 32.1 Å². The number of hydrogen-bond donors (Lipinski definition) is 0. The Labute approximate surface area is 105 Å². The molecule has 0 radical (unpaired) electrons. The third-order valence-corrected chi connectivity index (χ3v) is 4.41. The van der Waals surface area contributed by atoms with E-state index in [4.69, 9.17) is 4.74 Å². The molecule has 1 aliphatic carbocycles. The molecular weight excluding hydrogens is 214 g/mol. The predicted octanol–water partition coefficient (Wildman–Crippen LogP) is 2.45. The summed E-state index contributed by atoms with van der Waals surface area (Å²) in [4.78, 5) is 13.9. The average molecular weight is 239 g/mol. The number of ether oxygens (including phenoxy) is 1. The van der Waals surface area contributed by atoms with Crippen molar-refractivity contribution < 1.29 is 9.53 Å². The Bertz CT molecular complexity index is 249. The molecule has 1 aliphatic heterocycles. The van der Waals surface area contributed by atoms with Gasteiger partial charge in [-0.15, -0.1) is 0 Å². The van der Waals surface area contributed by atoms with Crippen molar-refractivity contribution in [2.75, 3.05) is 26.8 Å². The SMILES string of the molecule is COCCC(=O)N1CC[C@H](C2CCCCC2)C1. The molecule has 3 nitrogen and oxygen atoms in total. The van der Waals surface area contributed by atoms with Crippen LogP contribution >= 0.6 is 0 Å². The normalized spacial score (nSPS) is 26.4. The van der Waals surface area contributed by atoms with Crippen LogP contribution < -0.4 is 0 Å². The van der Waals surface area contributed by atoms with Crippen LogP contribution in [0.3, 0.4) is 0 Å². The maximum Gasteiger partial charge on any atom is 0.224 e. The van der Waals surface area contributed by atoms with Crippen LogP contribution in [0.15, 0.2) is 0 Å². The molecule has 0 spiro atoms. The van der Waals surface area contributed by atoms with Crippen molar-refractivity contribution in [3.05, 3.63) is 0 Å². The number of rotatable bonds is 4. The number of carbonyl (C=O) groups excluding carboxylic acids is 1. The molecule has 0 aromatic heterocycles. The highest BCUT2D eigenvalue weighted by atomic mass is 16.5. The lowest BCUT2D eigenvalue weighted by molar-refractivity contribution is -0.131. The summed E-state index contributed by atoms with van der Waals surface area (Å²) in [6.07, 6.45) is 8.78. The largest absolute Gasteiger partial charge is 0.384 e. The van der Waals surface area contributed by atoms with E-state index in [0.717, 1.165) is 24.9 Å². The van der Waals surface area contributed by atoms with E-state index in [1.54, 1.807) is 7.11 Å². The zero-order chi connectivity index (χ0) is 12.1. The molecule has 2 aliphatic rings. The highest BCUT2D eigenvalue weighted by molar-refractivity contribution is 5.76. The highest BCUT2D eigenvalue weighted by Gasteiger charge is 2.31. The summed E-state index contributed by atoms with van der Waals surface area (Å²) in [5.74, 6) is 1.95. The van der Waals surface area contributed by atoms with Gasteiger partial charge in [0.2, 0.25) is 5.91 Å². The van der Waals surface area contributed by atoms with Crippen molar-refractivity contribution in [3.63, 3.8) is 0 Å². The van der Waals surface area contributed by atoms with Gasteiger partial charge in [0.15, 0.2) is 0 Å². The maximum absolute atomic E-state index is 11.9. The van der Waals surface area contributed by atoms with E-state index in [2.05, 4.69) is 4.90 Å². The van der Waals surface area contributed by atoms with Gasteiger partial charge in [-0.25, -0.2) is 0 Å². The zero-order valence-electron chi connectivity index (χ0n) is 11.0. The molecule has 1 saturated carbocycles. The first kappa shape index (κ1) is 12.9. The molecule has 0 N–H and O–H groups in total. The molecule has 3 heteroatoms. The quantitative estimate of drug-likeness (QED) is 0.754. The summed E-state index contributed by atoms with van der Waals surface area (Å²) >= 11 is 0. The number of nitrogens with zero attached hydrogens (tertiary/aromatic N) is 1. The molecule has 0 aromatic rings. The molecule has 2 rings (SSSR count). The number of methoxy groups -OCH3 is 1. The molecule has 1 saturated heterocycles. The van der Waals surface area contributed by atoms with Gasteiger partial charge >= 0.3 is 0 Å². The van der Waals surface area contributed by atoms with Crippen molar-refractivity contribution in [2.24, 2.45) is 11.8 Å². The fourth-order valence-corrected chi connectivity index (χ4v) is 3.35. The van der Waals surface area contributed by atoms with Gasteiger partial charge in [-0.3, -0.25) is 4.79 Å². The van der Waals surface area contributed by atoms with Gasteiger partial charge in [0.05, 0.1) is 13.0 Å². The summed E-state index contributed by atoms with van der Waals surface area (Å²) in [5, 5.41) is 0. The lowest BCUT2D eigenvalue weighted by Gasteiger charge is -2.27. The molecule has 1 heterocycles. The van der Waals surface area contributed by atoms with Crippen LogP contribution in [0, 0.1) is 11.8 Å². The molecule has 1 amide bonds. The van der Waals surface area contributed by atoms with E-state index < -0.39 is 0 Å². The monoisotopic (exact) mass is 239 g/mol. The zero-order valence-corrected chi connectivity index (χ0v) is 11.0. The van der Waals surface area contributed by atoms with Crippen LogP contribution in [0.1, 0.15) is 44.9 Å². The summed E-state index contributed by atoms with van der Waals surface area (Å²) in [7, 11) is 1.65. The first-order valence-electron chi connectivity index (χ1n) is 7.08. The van der Waals surface area contributed by atoms with E-state index in [9.17, 15) is 4.79 Å². The summed E-state index contributed by atoms with van der Waals surface area (Å²) in [6, 6.07) is 0. The number of likely N-dealkylation sites (tertiary alicyclic amines) is 1. The predicted molar refractivity (Wildman–Crippen MR) is 67.8 cm³/mol. The van der Waals surface area contributed by atoms with Crippen molar-refractivity contribution in [1.82, 2.24) is 4.90 Å². The fraction of sp³-hybridized carbons (Fsp3) is 0.929. The molecule has 0 unspecified atom stereocenters. The second kappa shape index (κ2) is 6.39. The molecule has 2 fully saturated rings. The highest BCUT2D eigenvalue weighted by Crippen LogP contribution is 2.35. The number of hydrogen-bond acceptors (Lipinski definition) is 2. The number of amides is 1. The summed E-state index contributed by atoms with van der Waals surface area (Å²) in [5.41, 5.74) is 0. The van der Waals surface area contributed by atoms with E-state index in [1.807, 2.05) is 0 Å². The first-order chi connectivity index (χ1) is 8.31. The van der Waals surface area contributed by atoms with Crippen LogP contribution in [0.5, 0.6) is 0 Å². The van der Waals surface area contributed by atoms with Gasteiger partial charge in [0.25, 0.3) is 0 Å². The fourth-order valence-electron chi connectivity index (χ4n) is 3.35. The molecule has 98 valence electrons. The Morgan fingerprint density at radius 3 is 2.65 bits per heavy atom. The first-order valence-corrected chi connectivity index (χ1v) is 7.08. The van der Waals surface area contributed by atoms with Crippen molar-refractivity contribution in [2.45, 2.75) is 44.9 Å². The lowest BCUT2D eigenvalue weighted by Crippen LogP contribution is -2.30. The maximum atomic E-state index is 11.9.